The molecule has 0 aliphatic carbocycles. The van der Waals surface area contributed by atoms with Crippen molar-refractivity contribution < 1.29 is 4.79 Å². The molecule has 2 rings (SSSR count). The number of nitrogens with zero attached hydrogens (tertiary/aromatic N) is 4. The fraction of sp³-hybridized carbons (Fsp3) is 0.429. The van der Waals surface area contributed by atoms with Crippen LogP contribution in [-0.4, -0.2) is 26.1 Å². The first-order chi connectivity index (χ1) is 9.63. The molecule has 0 spiro atoms. The minimum atomic E-state index is -0.130. The zero-order valence-corrected chi connectivity index (χ0v) is 11.8. The van der Waals surface area contributed by atoms with Gasteiger partial charge in [0.05, 0.1) is 0 Å². The van der Waals surface area contributed by atoms with Crippen molar-refractivity contribution in [3.8, 4) is 0 Å². The molecule has 0 unspecified atom stereocenters. The molecule has 0 saturated heterocycles. The minimum absolute atomic E-state index is 0.0887. The second-order valence-electron chi connectivity index (χ2n) is 5.16. The van der Waals surface area contributed by atoms with E-state index in [1.807, 2.05) is 12.1 Å². The predicted octanol–water partition coefficient (Wildman–Crippen LogP) is 1.19. The predicted molar refractivity (Wildman–Crippen MR) is 74.6 cm³/mol. The van der Waals surface area contributed by atoms with Crippen LogP contribution in [-0.2, 0) is 24.3 Å². The van der Waals surface area contributed by atoms with Gasteiger partial charge in [-0.1, -0.05) is 38.1 Å². The standard InChI is InChI=1S/C14H19N5O/c1-11(2)7-12-3-5-13(6-4-12)8-15-14(20)9-19-17-10-16-18-19/h3-6,10-11H,7-9H2,1-2H3,(H,15,20). The molecule has 0 radical (unpaired) electrons. The van der Waals surface area contributed by atoms with E-state index in [0.717, 1.165) is 12.0 Å². The van der Waals surface area contributed by atoms with Crippen molar-refractivity contribution in [2.24, 2.45) is 5.92 Å². The maximum atomic E-state index is 11.7. The van der Waals surface area contributed by atoms with Crippen LogP contribution in [0.15, 0.2) is 30.6 Å². The number of nitrogens with one attached hydrogen (secondary N) is 1. The van der Waals surface area contributed by atoms with Crippen molar-refractivity contribution in [3.05, 3.63) is 41.7 Å². The van der Waals surface area contributed by atoms with E-state index >= 15 is 0 Å². The second-order valence-corrected chi connectivity index (χ2v) is 5.16. The Morgan fingerprint density at radius 1 is 1.25 bits per heavy atom. The van der Waals surface area contributed by atoms with Crippen LogP contribution in [0.5, 0.6) is 0 Å². The van der Waals surface area contributed by atoms with Gasteiger partial charge in [0.15, 0.2) is 6.33 Å². The normalized spacial score (nSPS) is 10.8. The summed E-state index contributed by atoms with van der Waals surface area (Å²) in [5, 5.41) is 13.8. The Hall–Kier alpha value is -2.24. The Morgan fingerprint density at radius 3 is 2.55 bits per heavy atom. The van der Waals surface area contributed by atoms with Crippen LogP contribution >= 0.6 is 0 Å². The first kappa shape index (κ1) is 14.2. The van der Waals surface area contributed by atoms with Crippen LogP contribution in [0.3, 0.4) is 0 Å². The molecule has 0 aliphatic rings. The van der Waals surface area contributed by atoms with Crippen molar-refractivity contribution in [1.82, 2.24) is 25.5 Å². The van der Waals surface area contributed by atoms with Crippen molar-refractivity contribution in [2.45, 2.75) is 33.4 Å². The summed E-state index contributed by atoms with van der Waals surface area (Å²) in [5.41, 5.74) is 2.40. The third-order valence-corrected chi connectivity index (χ3v) is 2.83. The maximum Gasteiger partial charge on any atom is 0.243 e. The number of rotatable bonds is 6. The zero-order valence-electron chi connectivity index (χ0n) is 11.8. The van der Waals surface area contributed by atoms with Crippen LogP contribution in [0.1, 0.15) is 25.0 Å². The summed E-state index contributed by atoms with van der Waals surface area (Å²) >= 11 is 0. The van der Waals surface area contributed by atoms with E-state index in [-0.39, 0.29) is 12.5 Å². The smallest absolute Gasteiger partial charge is 0.243 e. The lowest BCUT2D eigenvalue weighted by Crippen LogP contribution is -2.28. The van der Waals surface area contributed by atoms with E-state index < -0.39 is 0 Å². The van der Waals surface area contributed by atoms with Crippen LogP contribution in [0.25, 0.3) is 0 Å². The second kappa shape index (κ2) is 6.79. The van der Waals surface area contributed by atoms with E-state index in [0.29, 0.717) is 12.5 Å². The third-order valence-electron chi connectivity index (χ3n) is 2.83. The minimum Gasteiger partial charge on any atom is -0.350 e. The Kier molecular flexibility index (Phi) is 4.81. The Morgan fingerprint density at radius 2 is 1.95 bits per heavy atom. The zero-order chi connectivity index (χ0) is 14.4. The van der Waals surface area contributed by atoms with Gasteiger partial charge in [0, 0.05) is 6.54 Å². The SMILES string of the molecule is CC(C)Cc1ccc(CNC(=O)Cn2ncnn2)cc1. The summed E-state index contributed by atoms with van der Waals surface area (Å²) in [5.74, 6) is 0.519. The summed E-state index contributed by atoms with van der Waals surface area (Å²) in [4.78, 5) is 12.9. The molecule has 1 N–H and O–H groups in total. The average Bonchev–Trinajstić information content (AvgIpc) is 2.90. The van der Waals surface area contributed by atoms with Crippen LogP contribution in [0, 0.1) is 5.92 Å². The lowest BCUT2D eigenvalue weighted by molar-refractivity contribution is -0.122. The number of hydrogen-bond acceptors (Lipinski definition) is 4. The molecule has 6 nitrogen and oxygen atoms in total. The molecule has 1 amide bonds. The molecule has 0 bridgehead atoms. The monoisotopic (exact) mass is 273 g/mol. The largest absolute Gasteiger partial charge is 0.350 e. The highest BCUT2D eigenvalue weighted by Crippen LogP contribution is 2.09. The first-order valence-corrected chi connectivity index (χ1v) is 6.69. The van der Waals surface area contributed by atoms with E-state index in [9.17, 15) is 4.79 Å². The summed E-state index contributed by atoms with van der Waals surface area (Å²) in [7, 11) is 0. The van der Waals surface area contributed by atoms with Gasteiger partial charge in [0.2, 0.25) is 5.91 Å². The van der Waals surface area contributed by atoms with Crippen LogP contribution in [0.4, 0.5) is 0 Å². The quantitative estimate of drug-likeness (QED) is 0.858. The van der Waals surface area contributed by atoms with Gasteiger partial charge in [-0.25, -0.2) is 0 Å². The topological polar surface area (TPSA) is 72.7 Å². The fourth-order valence-electron chi connectivity index (χ4n) is 1.91. The van der Waals surface area contributed by atoms with Crippen LogP contribution in [0.2, 0.25) is 0 Å². The van der Waals surface area contributed by atoms with Gasteiger partial charge in [0.1, 0.15) is 6.54 Å². The molecule has 0 aliphatic heterocycles. The van der Waals surface area contributed by atoms with E-state index in [2.05, 4.69) is 46.7 Å². The van der Waals surface area contributed by atoms with Crippen molar-refractivity contribution in [1.29, 1.82) is 0 Å². The number of tetrazole rings is 1. The molecule has 1 aromatic carbocycles. The van der Waals surface area contributed by atoms with E-state index in [4.69, 9.17) is 0 Å². The van der Waals surface area contributed by atoms with Crippen molar-refractivity contribution in [3.63, 3.8) is 0 Å². The molecule has 1 heterocycles. The number of carbonyl (C=O) groups is 1. The number of benzene rings is 1. The Balaban J connectivity index is 1.80. The molecule has 0 saturated carbocycles. The highest BCUT2D eigenvalue weighted by atomic mass is 16.2. The lowest BCUT2D eigenvalue weighted by atomic mass is 10.0. The maximum absolute atomic E-state index is 11.7. The van der Waals surface area contributed by atoms with Crippen molar-refractivity contribution >= 4 is 5.91 Å². The molecule has 106 valence electrons. The molecule has 0 fully saturated rings. The van der Waals surface area contributed by atoms with Gasteiger partial charge in [-0.05, 0) is 28.7 Å². The Bertz CT molecular complexity index is 533. The summed E-state index contributed by atoms with van der Waals surface area (Å²) in [6, 6.07) is 8.32. The highest BCUT2D eigenvalue weighted by molar-refractivity contribution is 5.75. The summed E-state index contributed by atoms with van der Waals surface area (Å²) in [6.45, 7) is 5.00. The third kappa shape index (κ3) is 4.46. The molecule has 0 atom stereocenters. The molecular formula is C14H19N5O. The van der Waals surface area contributed by atoms with E-state index in [1.54, 1.807) is 0 Å². The Labute approximate surface area is 118 Å². The van der Waals surface area contributed by atoms with Gasteiger partial charge in [-0.3, -0.25) is 4.79 Å². The summed E-state index contributed by atoms with van der Waals surface area (Å²) < 4.78 is 0. The van der Waals surface area contributed by atoms with Gasteiger partial charge in [-0.15, -0.1) is 10.2 Å². The van der Waals surface area contributed by atoms with Crippen molar-refractivity contribution in [2.75, 3.05) is 0 Å². The molecular weight excluding hydrogens is 254 g/mol. The number of carbonyl (C=O) groups excluding carboxylic acids is 1. The highest BCUT2D eigenvalue weighted by Gasteiger charge is 2.04. The van der Waals surface area contributed by atoms with Crippen LogP contribution < -0.4 is 5.32 Å². The number of amides is 1. The molecule has 1 aromatic heterocycles. The molecule has 20 heavy (non-hydrogen) atoms. The first-order valence-electron chi connectivity index (χ1n) is 6.69. The average molecular weight is 273 g/mol. The van der Waals surface area contributed by atoms with Gasteiger partial charge >= 0.3 is 0 Å². The lowest BCUT2D eigenvalue weighted by Gasteiger charge is -2.07. The number of aromatic nitrogens is 4. The molecule has 2 aromatic rings. The van der Waals surface area contributed by atoms with Gasteiger partial charge in [0.25, 0.3) is 0 Å². The summed E-state index contributed by atoms with van der Waals surface area (Å²) in [6.07, 6.45) is 2.38. The number of hydrogen-bond donors (Lipinski definition) is 1. The van der Waals surface area contributed by atoms with E-state index in [1.165, 1.54) is 16.7 Å². The van der Waals surface area contributed by atoms with Gasteiger partial charge in [-0.2, -0.15) is 4.80 Å². The van der Waals surface area contributed by atoms with Gasteiger partial charge < -0.3 is 5.32 Å². The molecule has 6 heteroatoms. The fourth-order valence-corrected chi connectivity index (χ4v) is 1.91.